The van der Waals surface area contributed by atoms with E-state index in [1.54, 1.807) is 0 Å². The summed E-state index contributed by atoms with van der Waals surface area (Å²) < 4.78 is 0. The van der Waals surface area contributed by atoms with Crippen molar-refractivity contribution in [3.8, 4) is 0 Å². The summed E-state index contributed by atoms with van der Waals surface area (Å²) in [6.45, 7) is 2.71. The first kappa shape index (κ1) is 18.7. The van der Waals surface area contributed by atoms with E-state index in [9.17, 15) is 4.79 Å². The lowest BCUT2D eigenvalue weighted by Gasteiger charge is -2.22. The van der Waals surface area contributed by atoms with Crippen molar-refractivity contribution in [2.24, 2.45) is 10.9 Å². The van der Waals surface area contributed by atoms with E-state index in [4.69, 9.17) is 0 Å². The van der Waals surface area contributed by atoms with Gasteiger partial charge in [0.15, 0.2) is 5.96 Å². The number of guanidine groups is 1. The van der Waals surface area contributed by atoms with Crippen LogP contribution in [0.1, 0.15) is 44.1 Å². The first-order chi connectivity index (χ1) is 12.7. The molecule has 1 aromatic carbocycles. The third-order valence-corrected chi connectivity index (χ3v) is 5.52. The van der Waals surface area contributed by atoms with Crippen LogP contribution in [-0.4, -0.2) is 49.5 Å². The Morgan fingerprint density at radius 3 is 2.69 bits per heavy atom. The van der Waals surface area contributed by atoms with Crippen molar-refractivity contribution in [1.82, 2.24) is 15.5 Å². The fourth-order valence-electron chi connectivity index (χ4n) is 4.13. The molecule has 2 fully saturated rings. The van der Waals surface area contributed by atoms with Gasteiger partial charge >= 0.3 is 0 Å². The lowest BCUT2D eigenvalue weighted by atomic mass is 9.99. The number of hydrogen-bond donors (Lipinski definition) is 2. The van der Waals surface area contributed by atoms with E-state index in [2.05, 4.69) is 50.9 Å². The Kier molecular flexibility index (Phi) is 6.92. The van der Waals surface area contributed by atoms with E-state index in [0.29, 0.717) is 24.9 Å². The maximum atomic E-state index is 12.0. The number of amides is 1. The molecular weight excluding hydrogens is 324 g/mol. The van der Waals surface area contributed by atoms with Crippen LogP contribution in [0.15, 0.2) is 35.3 Å². The molecule has 1 unspecified atom stereocenters. The fraction of sp³-hybridized carbons (Fsp3) is 0.619. The lowest BCUT2D eigenvalue weighted by molar-refractivity contribution is -0.121. The van der Waals surface area contributed by atoms with E-state index in [-0.39, 0.29) is 5.91 Å². The van der Waals surface area contributed by atoms with Crippen LogP contribution < -0.4 is 10.6 Å². The Morgan fingerprint density at radius 2 is 1.96 bits per heavy atom. The molecule has 1 amide bonds. The van der Waals surface area contributed by atoms with Crippen molar-refractivity contribution in [3.63, 3.8) is 0 Å². The maximum Gasteiger partial charge on any atom is 0.221 e. The van der Waals surface area contributed by atoms with Crippen molar-refractivity contribution in [2.45, 2.75) is 51.0 Å². The molecule has 2 aliphatic rings. The Labute approximate surface area is 157 Å². The smallest absolute Gasteiger partial charge is 0.221 e. The zero-order chi connectivity index (χ0) is 18.2. The summed E-state index contributed by atoms with van der Waals surface area (Å²) in [6, 6.07) is 11.1. The normalized spacial score (nSPS) is 21.2. The Bertz CT molecular complexity index is 595. The van der Waals surface area contributed by atoms with Gasteiger partial charge in [-0.15, -0.1) is 0 Å². The molecule has 5 nitrogen and oxygen atoms in total. The number of nitrogens with zero attached hydrogens (tertiary/aromatic N) is 2. The van der Waals surface area contributed by atoms with Crippen molar-refractivity contribution in [1.29, 1.82) is 0 Å². The molecule has 5 heteroatoms. The van der Waals surface area contributed by atoms with Crippen LogP contribution in [-0.2, 0) is 11.2 Å². The van der Waals surface area contributed by atoms with Crippen LogP contribution in [0.2, 0.25) is 0 Å². The predicted octanol–water partition coefficient (Wildman–Crippen LogP) is 2.58. The number of carbonyl (C=O) groups excluding carboxylic acids is 1. The van der Waals surface area contributed by atoms with Gasteiger partial charge in [0.25, 0.3) is 0 Å². The highest BCUT2D eigenvalue weighted by Crippen LogP contribution is 2.21. The van der Waals surface area contributed by atoms with Crippen LogP contribution in [0.4, 0.5) is 0 Å². The molecule has 1 heterocycles. The van der Waals surface area contributed by atoms with Crippen molar-refractivity contribution in [2.75, 3.05) is 26.7 Å². The summed E-state index contributed by atoms with van der Waals surface area (Å²) in [7, 11) is 1.82. The van der Waals surface area contributed by atoms with Crippen molar-refractivity contribution < 1.29 is 4.79 Å². The minimum atomic E-state index is 0.156. The molecule has 26 heavy (non-hydrogen) atoms. The minimum Gasteiger partial charge on any atom is -0.356 e. The molecule has 0 radical (unpaired) electrons. The van der Waals surface area contributed by atoms with E-state index in [1.807, 2.05) is 7.05 Å². The van der Waals surface area contributed by atoms with Gasteiger partial charge in [-0.25, -0.2) is 0 Å². The van der Waals surface area contributed by atoms with Crippen LogP contribution in [0, 0.1) is 5.92 Å². The zero-order valence-electron chi connectivity index (χ0n) is 15.9. The number of carbonyl (C=O) groups is 1. The zero-order valence-corrected chi connectivity index (χ0v) is 15.9. The van der Waals surface area contributed by atoms with Crippen LogP contribution in [0.3, 0.4) is 0 Å². The van der Waals surface area contributed by atoms with E-state index in [0.717, 1.165) is 38.3 Å². The monoisotopic (exact) mass is 356 g/mol. The maximum absolute atomic E-state index is 12.0. The average Bonchev–Trinajstić information content (AvgIpc) is 3.32. The topological polar surface area (TPSA) is 56.7 Å². The Hall–Kier alpha value is -2.04. The van der Waals surface area contributed by atoms with Crippen LogP contribution in [0.25, 0.3) is 0 Å². The highest BCUT2D eigenvalue weighted by atomic mass is 16.1. The molecule has 2 N–H and O–H groups in total. The molecule has 1 aliphatic carbocycles. The standard InChI is InChI=1S/C21H32N4O/c1-22-21(23-13-11-20(26)24-19-9-5-6-10-19)25-14-12-18(16-25)15-17-7-3-2-4-8-17/h2-4,7-8,18-19H,5-6,9-16H2,1H3,(H,22,23)(H,24,26). The molecule has 0 aromatic heterocycles. The van der Waals surface area contributed by atoms with E-state index >= 15 is 0 Å². The van der Waals surface area contributed by atoms with Gasteiger partial charge in [0, 0.05) is 39.1 Å². The third-order valence-electron chi connectivity index (χ3n) is 5.52. The highest BCUT2D eigenvalue weighted by molar-refractivity contribution is 5.81. The number of rotatable bonds is 6. The van der Waals surface area contributed by atoms with E-state index in [1.165, 1.54) is 24.8 Å². The lowest BCUT2D eigenvalue weighted by Crippen LogP contribution is -2.42. The van der Waals surface area contributed by atoms with Gasteiger partial charge in [-0.1, -0.05) is 43.2 Å². The second-order valence-corrected chi connectivity index (χ2v) is 7.56. The number of likely N-dealkylation sites (tertiary alicyclic amines) is 1. The van der Waals surface area contributed by atoms with Gasteiger partial charge in [-0.3, -0.25) is 9.79 Å². The average molecular weight is 357 g/mol. The number of nitrogens with one attached hydrogen (secondary N) is 2. The Balaban J connectivity index is 1.38. The molecule has 0 spiro atoms. The second kappa shape index (κ2) is 9.60. The van der Waals surface area contributed by atoms with Gasteiger partial charge in [-0.2, -0.15) is 0 Å². The molecule has 1 aliphatic heterocycles. The first-order valence-corrected chi connectivity index (χ1v) is 10.0. The molecular formula is C21H32N4O. The molecule has 0 bridgehead atoms. The van der Waals surface area contributed by atoms with Crippen LogP contribution >= 0.6 is 0 Å². The quantitative estimate of drug-likeness (QED) is 0.608. The number of aliphatic imine (C=N–C) groups is 1. The molecule has 3 rings (SSSR count). The number of benzene rings is 1. The summed E-state index contributed by atoms with van der Waals surface area (Å²) in [5.41, 5.74) is 1.41. The molecule has 1 aromatic rings. The van der Waals surface area contributed by atoms with Gasteiger partial charge in [0.1, 0.15) is 0 Å². The summed E-state index contributed by atoms with van der Waals surface area (Å²) in [5.74, 6) is 1.75. The van der Waals surface area contributed by atoms with Gasteiger partial charge in [0.05, 0.1) is 0 Å². The molecule has 1 saturated heterocycles. The largest absolute Gasteiger partial charge is 0.356 e. The van der Waals surface area contributed by atoms with Crippen LogP contribution in [0.5, 0.6) is 0 Å². The minimum absolute atomic E-state index is 0.156. The van der Waals surface area contributed by atoms with Gasteiger partial charge in [0.2, 0.25) is 5.91 Å². The van der Waals surface area contributed by atoms with E-state index < -0.39 is 0 Å². The highest BCUT2D eigenvalue weighted by Gasteiger charge is 2.25. The molecule has 1 atom stereocenters. The van der Waals surface area contributed by atoms with Gasteiger partial charge < -0.3 is 15.5 Å². The van der Waals surface area contributed by atoms with Crippen molar-refractivity contribution >= 4 is 11.9 Å². The van der Waals surface area contributed by atoms with Crippen molar-refractivity contribution in [3.05, 3.63) is 35.9 Å². The fourth-order valence-corrected chi connectivity index (χ4v) is 4.13. The third kappa shape index (κ3) is 5.48. The number of hydrogen-bond acceptors (Lipinski definition) is 2. The molecule has 142 valence electrons. The van der Waals surface area contributed by atoms with Gasteiger partial charge in [-0.05, 0) is 37.2 Å². The summed E-state index contributed by atoms with van der Waals surface area (Å²) in [4.78, 5) is 18.8. The summed E-state index contributed by atoms with van der Waals surface area (Å²) >= 11 is 0. The SMILES string of the molecule is CN=C(NCCC(=O)NC1CCCC1)N1CCC(Cc2ccccc2)C1. The first-order valence-electron chi connectivity index (χ1n) is 10.0. The summed E-state index contributed by atoms with van der Waals surface area (Å²) in [5, 5.41) is 6.51. The predicted molar refractivity (Wildman–Crippen MR) is 106 cm³/mol. The summed E-state index contributed by atoms with van der Waals surface area (Å²) in [6.07, 6.45) is 7.59. The second-order valence-electron chi connectivity index (χ2n) is 7.56. The Morgan fingerprint density at radius 1 is 1.19 bits per heavy atom. The molecule has 1 saturated carbocycles.